The van der Waals surface area contributed by atoms with E-state index in [2.05, 4.69) is 0 Å². The van der Waals surface area contributed by atoms with Gasteiger partial charge >= 0.3 is 18.2 Å². The number of carboxylic acids is 1. The number of likely N-dealkylation sites (N-methyl/N-ethyl adjacent to an activating group) is 1. The molecule has 0 radical (unpaired) electrons. The molecular formula is C17H23NO7. The minimum absolute atomic E-state index is 0.000678. The van der Waals surface area contributed by atoms with E-state index < -0.39 is 36.5 Å². The highest BCUT2D eigenvalue weighted by atomic mass is 16.7. The molecule has 0 aromatic heterocycles. The summed E-state index contributed by atoms with van der Waals surface area (Å²) in [6.45, 7) is 4.42. The van der Waals surface area contributed by atoms with Gasteiger partial charge < -0.3 is 19.3 Å². The molecule has 0 aliphatic rings. The lowest BCUT2D eigenvalue weighted by Crippen LogP contribution is -2.47. The van der Waals surface area contributed by atoms with E-state index >= 15 is 0 Å². The van der Waals surface area contributed by atoms with E-state index in [-0.39, 0.29) is 6.61 Å². The Balaban J connectivity index is 2.53. The van der Waals surface area contributed by atoms with Gasteiger partial charge in [-0.2, -0.15) is 0 Å². The maximum Gasteiger partial charge on any atom is 0.508 e. The highest BCUT2D eigenvalue weighted by molar-refractivity contribution is 5.80. The Kier molecular flexibility index (Phi) is 7.22. The third kappa shape index (κ3) is 7.56. The van der Waals surface area contributed by atoms with Crippen molar-refractivity contribution in [3.05, 3.63) is 35.9 Å². The number of carboxylic acid groups (broad SMARTS) is 1. The van der Waals surface area contributed by atoms with Crippen molar-refractivity contribution in [1.82, 2.24) is 4.90 Å². The van der Waals surface area contributed by atoms with Gasteiger partial charge in [0.15, 0.2) is 6.04 Å². The minimum Gasteiger partial charge on any atom is -0.480 e. The van der Waals surface area contributed by atoms with E-state index in [0.717, 1.165) is 10.5 Å². The molecule has 1 aromatic rings. The van der Waals surface area contributed by atoms with Crippen LogP contribution in [0.1, 0.15) is 26.3 Å². The van der Waals surface area contributed by atoms with Crippen LogP contribution in [0.2, 0.25) is 0 Å². The molecule has 1 atom stereocenters. The Morgan fingerprint density at radius 1 is 1.12 bits per heavy atom. The average Bonchev–Trinajstić information content (AvgIpc) is 2.52. The summed E-state index contributed by atoms with van der Waals surface area (Å²) >= 11 is 0. The maximum atomic E-state index is 11.9. The van der Waals surface area contributed by atoms with Crippen molar-refractivity contribution in [2.45, 2.75) is 39.0 Å². The Morgan fingerprint density at radius 3 is 2.24 bits per heavy atom. The van der Waals surface area contributed by atoms with Crippen LogP contribution < -0.4 is 0 Å². The maximum absolute atomic E-state index is 11.9. The Labute approximate surface area is 146 Å². The van der Waals surface area contributed by atoms with Gasteiger partial charge in [0.05, 0.1) is 0 Å². The van der Waals surface area contributed by atoms with Crippen LogP contribution in [-0.2, 0) is 25.6 Å². The monoisotopic (exact) mass is 353 g/mol. The number of nitrogens with zero attached hydrogens (tertiary/aromatic N) is 1. The molecular weight excluding hydrogens is 330 g/mol. The molecule has 25 heavy (non-hydrogen) atoms. The summed E-state index contributed by atoms with van der Waals surface area (Å²) in [6.07, 6.45) is -1.85. The lowest BCUT2D eigenvalue weighted by atomic mass is 10.2. The topological polar surface area (TPSA) is 102 Å². The Bertz CT molecular complexity index is 595. The van der Waals surface area contributed by atoms with Crippen molar-refractivity contribution in [1.29, 1.82) is 0 Å². The molecule has 8 heteroatoms. The van der Waals surface area contributed by atoms with Gasteiger partial charge in [0, 0.05) is 7.05 Å². The highest BCUT2D eigenvalue weighted by Crippen LogP contribution is 2.11. The predicted molar refractivity (Wildman–Crippen MR) is 88.0 cm³/mol. The third-order valence-corrected chi connectivity index (χ3v) is 2.99. The quantitative estimate of drug-likeness (QED) is 0.784. The smallest absolute Gasteiger partial charge is 0.480 e. The van der Waals surface area contributed by atoms with E-state index in [9.17, 15) is 19.5 Å². The fourth-order valence-corrected chi connectivity index (χ4v) is 1.72. The minimum atomic E-state index is -1.39. The molecule has 0 aliphatic carbocycles. The van der Waals surface area contributed by atoms with Crippen molar-refractivity contribution in [3.63, 3.8) is 0 Å². The van der Waals surface area contributed by atoms with Crippen LogP contribution in [0.15, 0.2) is 30.3 Å². The summed E-state index contributed by atoms with van der Waals surface area (Å²) in [5.41, 5.74) is -0.00995. The number of benzene rings is 1. The molecule has 0 spiro atoms. The normalized spacial score (nSPS) is 12.0. The fraction of sp³-hybridized carbons (Fsp3) is 0.471. The molecule has 1 rings (SSSR count). The highest BCUT2D eigenvalue weighted by Gasteiger charge is 2.31. The van der Waals surface area contributed by atoms with Crippen molar-refractivity contribution < 1.29 is 33.7 Å². The second-order valence-electron chi connectivity index (χ2n) is 6.28. The van der Waals surface area contributed by atoms with Crippen LogP contribution in [0.4, 0.5) is 9.59 Å². The van der Waals surface area contributed by atoms with Crippen LogP contribution in [0.25, 0.3) is 0 Å². The SMILES string of the molecule is CN(C(=O)OC(C)(C)C)C(COC(=O)OCc1ccccc1)C(=O)O. The van der Waals surface area contributed by atoms with Crippen LogP contribution in [-0.4, -0.2) is 53.5 Å². The molecule has 0 heterocycles. The van der Waals surface area contributed by atoms with Gasteiger partial charge in [0.2, 0.25) is 0 Å². The number of aliphatic carboxylic acids is 1. The summed E-state index contributed by atoms with van der Waals surface area (Å²) in [6, 6.07) is 7.55. The van der Waals surface area contributed by atoms with Crippen LogP contribution in [0.3, 0.4) is 0 Å². The van der Waals surface area contributed by atoms with Crippen molar-refractivity contribution in [2.24, 2.45) is 0 Å². The molecule has 0 saturated carbocycles. The molecule has 138 valence electrons. The molecule has 0 saturated heterocycles. The molecule has 0 bridgehead atoms. The molecule has 8 nitrogen and oxygen atoms in total. The van der Waals surface area contributed by atoms with Gasteiger partial charge in [-0.3, -0.25) is 4.90 Å². The fourth-order valence-electron chi connectivity index (χ4n) is 1.72. The zero-order valence-corrected chi connectivity index (χ0v) is 14.7. The summed E-state index contributed by atoms with van der Waals surface area (Å²) in [5, 5.41) is 9.23. The lowest BCUT2D eigenvalue weighted by Gasteiger charge is -2.28. The average molecular weight is 353 g/mol. The number of rotatable bonds is 6. The second-order valence-corrected chi connectivity index (χ2v) is 6.28. The van der Waals surface area contributed by atoms with Gasteiger partial charge in [0.25, 0.3) is 0 Å². The van der Waals surface area contributed by atoms with Gasteiger partial charge in [-0.1, -0.05) is 30.3 Å². The first-order valence-corrected chi connectivity index (χ1v) is 7.62. The first-order valence-electron chi connectivity index (χ1n) is 7.62. The number of hydrogen-bond acceptors (Lipinski definition) is 6. The first kappa shape index (κ1) is 20.3. The summed E-state index contributed by atoms with van der Waals surface area (Å²) < 4.78 is 14.8. The zero-order chi connectivity index (χ0) is 19.0. The lowest BCUT2D eigenvalue weighted by molar-refractivity contribution is -0.144. The largest absolute Gasteiger partial charge is 0.508 e. The Morgan fingerprint density at radius 2 is 1.72 bits per heavy atom. The third-order valence-electron chi connectivity index (χ3n) is 2.99. The molecule has 1 amide bonds. The van der Waals surface area contributed by atoms with E-state index in [1.54, 1.807) is 45.0 Å². The van der Waals surface area contributed by atoms with E-state index in [4.69, 9.17) is 14.2 Å². The van der Waals surface area contributed by atoms with Gasteiger partial charge in [-0.15, -0.1) is 0 Å². The second kappa shape index (κ2) is 8.91. The van der Waals surface area contributed by atoms with Crippen molar-refractivity contribution in [2.75, 3.05) is 13.7 Å². The van der Waals surface area contributed by atoms with Crippen molar-refractivity contribution >= 4 is 18.2 Å². The standard InChI is InChI=1S/C17H23NO7/c1-17(2,3)25-15(21)18(4)13(14(19)20)11-24-16(22)23-10-12-8-6-5-7-9-12/h5-9,13H,10-11H2,1-4H3,(H,19,20). The van der Waals surface area contributed by atoms with Crippen molar-refractivity contribution in [3.8, 4) is 0 Å². The summed E-state index contributed by atoms with van der Waals surface area (Å²) in [7, 11) is 1.26. The summed E-state index contributed by atoms with van der Waals surface area (Å²) in [4.78, 5) is 35.7. The number of amides is 1. The molecule has 1 unspecified atom stereocenters. The first-order chi connectivity index (χ1) is 11.6. The number of ether oxygens (including phenoxy) is 3. The number of carbonyl (C=O) groups is 3. The molecule has 1 aromatic carbocycles. The van der Waals surface area contributed by atoms with Gasteiger partial charge in [-0.05, 0) is 26.3 Å². The number of hydrogen-bond donors (Lipinski definition) is 1. The van der Waals surface area contributed by atoms with E-state index in [0.29, 0.717) is 0 Å². The van der Waals surface area contributed by atoms with Gasteiger partial charge in [-0.25, -0.2) is 14.4 Å². The van der Waals surface area contributed by atoms with Gasteiger partial charge in [0.1, 0.15) is 18.8 Å². The zero-order valence-electron chi connectivity index (χ0n) is 14.7. The predicted octanol–water partition coefficient (Wildman–Crippen LogP) is 2.66. The molecule has 1 N–H and O–H groups in total. The van der Waals surface area contributed by atoms with Crippen LogP contribution in [0.5, 0.6) is 0 Å². The van der Waals surface area contributed by atoms with E-state index in [1.165, 1.54) is 7.05 Å². The molecule has 0 aliphatic heterocycles. The van der Waals surface area contributed by atoms with E-state index in [1.807, 2.05) is 6.07 Å². The van der Waals surface area contributed by atoms with Crippen LogP contribution >= 0.6 is 0 Å². The molecule has 0 fully saturated rings. The number of carbonyl (C=O) groups excluding carboxylic acids is 2. The summed E-state index contributed by atoms with van der Waals surface area (Å²) in [5.74, 6) is -1.33. The Hall–Kier alpha value is -2.77. The van der Waals surface area contributed by atoms with Crippen LogP contribution in [0, 0.1) is 0 Å².